The SMILES string of the molecule is Cc1csc(CNc2ccc(Cl)c3cccnc23)n1. The van der Waals surface area contributed by atoms with Gasteiger partial charge in [-0.05, 0) is 31.2 Å². The van der Waals surface area contributed by atoms with Crippen LogP contribution in [0.4, 0.5) is 5.69 Å². The minimum absolute atomic E-state index is 0.700. The minimum atomic E-state index is 0.700. The number of fused-ring (bicyclic) bond motifs is 1. The molecule has 1 N–H and O–H groups in total. The molecule has 0 spiro atoms. The Balaban J connectivity index is 1.91. The smallest absolute Gasteiger partial charge is 0.112 e. The summed E-state index contributed by atoms with van der Waals surface area (Å²) in [6.45, 7) is 2.70. The summed E-state index contributed by atoms with van der Waals surface area (Å²) in [6, 6.07) is 7.71. The van der Waals surface area contributed by atoms with Crippen LogP contribution in [-0.4, -0.2) is 9.97 Å². The van der Waals surface area contributed by atoms with E-state index in [2.05, 4.69) is 20.7 Å². The standard InChI is InChI=1S/C14H12ClN3S/c1-9-8-19-13(18-9)7-17-12-5-4-11(15)10-3-2-6-16-14(10)12/h2-6,8,17H,7H2,1H3. The Morgan fingerprint density at radius 3 is 3.00 bits per heavy atom. The van der Waals surface area contributed by atoms with Crippen molar-refractivity contribution in [1.29, 1.82) is 0 Å². The number of benzene rings is 1. The summed E-state index contributed by atoms with van der Waals surface area (Å²) in [4.78, 5) is 8.83. The van der Waals surface area contributed by atoms with Crippen LogP contribution in [0.15, 0.2) is 35.8 Å². The van der Waals surface area contributed by atoms with Crippen LogP contribution in [0.25, 0.3) is 10.9 Å². The van der Waals surface area contributed by atoms with E-state index in [1.807, 2.05) is 31.2 Å². The highest BCUT2D eigenvalue weighted by Gasteiger charge is 2.06. The van der Waals surface area contributed by atoms with E-state index in [9.17, 15) is 0 Å². The van der Waals surface area contributed by atoms with E-state index in [1.54, 1.807) is 17.5 Å². The number of aromatic nitrogens is 2. The van der Waals surface area contributed by atoms with Crippen LogP contribution in [0.1, 0.15) is 10.7 Å². The minimum Gasteiger partial charge on any atom is -0.377 e. The van der Waals surface area contributed by atoms with E-state index < -0.39 is 0 Å². The average Bonchev–Trinajstić information content (AvgIpc) is 2.84. The van der Waals surface area contributed by atoms with Crippen LogP contribution in [0.2, 0.25) is 5.02 Å². The van der Waals surface area contributed by atoms with Crippen molar-refractivity contribution in [2.24, 2.45) is 0 Å². The Kier molecular flexibility index (Phi) is 3.36. The number of rotatable bonds is 3. The summed E-state index contributed by atoms with van der Waals surface area (Å²) in [7, 11) is 0. The molecule has 0 aliphatic rings. The molecule has 0 unspecified atom stereocenters. The molecule has 19 heavy (non-hydrogen) atoms. The molecule has 0 saturated carbocycles. The molecule has 0 radical (unpaired) electrons. The Bertz CT molecular complexity index is 724. The number of aryl methyl sites for hydroxylation is 1. The predicted molar refractivity (Wildman–Crippen MR) is 80.9 cm³/mol. The fourth-order valence-electron chi connectivity index (χ4n) is 1.94. The van der Waals surface area contributed by atoms with Crippen LogP contribution in [0.5, 0.6) is 0 Å². The van der Waals surface area contributed by atoms with Gasteiger partial charge in [-0.1, -0.05) is 11.6 Å². The third-order valence-electron chi connectivity index (χ3n) is 2.81. The average molecular weight is 290 g/mol. The third kappa shape index (κ3) is 2.55. The molecule has 5 heteroatoms. The van der Waals surface area contributed by atoms with Gasteiger partial charge < -0.3 is 5.32 Å². The molecule has 3 aromatic rings. The van der Waals surface area contributed by atoms with Crippen molar-refractivity contribution in [2.75, 3.05) is 5.32 Å². The first-order valence-electron chi connectivity index (χ1n) is 5.92. The maximum Gasteiger partial charge on any atom is 0.112 e. The van der Waals surface area contributed by atoms with E-state index in [0.29, 0.717) is 6.54 Å². The lowest BCUT2D eigenvalue weighted by molar-refractivity contribution is 1.08. The first kappa shape index (κ1) is 12.4. The van der Waals surface area contributed by atoms with Crippen LogP contribution in [0, 0.1) is 6.92 Å². The number of hydrogen-bond acceptors (Lipinski definition) is 4. The molecule has 1 aromatic carbocycles. The largest absolute Gasteiger partial charge is 0.377 e. The zero-order valence-corrected chi connectivity index (χ0v) is 11.9. The second kappa shape index (κ2) is 5.15. The fourth-order valence-corrected chi connectivity index (χ4v) is 2.86. The van der Waals surface area contributed by atoms with Gasteiger partial charge in [0.15, 0.2) is 0 Å². The van der Waals surface area contributed by atoms with E-state index in [1.165, 1.54) is 0 Å². The summed E-state index contributed by atoms with van der Waals surface area (Å²) in [5, 5.41) is 8.17. The molecule has 96 valence electrons. The molecule has 0 bridgehead atoms. The number of anilines is 1. The van der Waals surface area contributed by atoms with Gasteiger partial charge in [-0.3, -0.25) is 4.98 Å². The fraction of sp³-hybridized carbons (Fsp3) is 0.143. The van der Waals surface area contributed by atoms with Crippen LogP contribution >= 0.6 is 22.9 Å². The number of hydrogen-bond donors (Lipinski definition) is 1. The second-order valence-electron chi connectivity index (χ2n) is 4.23. The highest BCUT2D eigenvalue weighted by Crippen LogP contribution is 2.28. The predicted octanol–water partition coefficient (Wildman–Crippen LogP) is 4.27. The number of nitrogens with zero attached hydrogens (tertiary/aromatic N) is 2. The maximum atomic E-state index is 6.17. The lowest BCUT2D eigenvalue weighted by Gasteiger charge is -2.08. The van der Waals surface area contributed by atoms with Gasteiger partial charge in [0.25, 0.3) is 0 Å². The van der Waals surface area contributed by atoms with Gasteiger partial charge in [0.1, 0.15) is 5.01 Å². The summed E-state index contributed by atoms with van der Waals surface area (Å²) in [5.74, 6) is 0. The van der Waals surface area contributed by atoms with Gasteiger partial charge in [0, 0.05) is 22.7 Å². The molecule has 0 aliphatic heterocycles. The molecule has 0 amide bonds. The zero-order valence-electron chi connectivity index (χ0n) is 10.4. The topological polar surface area (TPSA) is 37.8 Å². The highest BCUT2D eigenvalue weighted by molar-refractivity contribution is 7.09. The number of halogens is 1. The van der Waals surface area contributed by atoms with Crippen molar-refractivity contribution in [3.05, 3.63) is 51.6 Å². The first-order valence-corrected chi connectivity index (χ1v) is 7.18. The van der Waals surface area contributed by atoms with Crippen LogP contribution in [-0.2, 0) is 6.54 Å². The van der Waals surface area contributed by atoms with Crippen molar-refractivity contribution in [2.45, 2.75) is 13.5 Å². The van der Waals surface area contributed by atoms with E-state index in [4.69, 9.17) is 11.6 Å². The third-order valence-corrected chi connectivity index (χ3v) is 4.11. The van der Waals surface area contributed by atoms with E-state index in [-0.39, 0.29) is 0 Å². The van der Waals surface area contributed by atoms with Crippen LogP contribution in [0.3, 0.4) is 0 Å². The monoisotopic (exact) mass is 289 g/mol. The lowest BCUT2D eigenvalue weighted by atomic mass is 10.2. The van der Waals surface area contributed by atoms with Crippen molar-refractivity contribution >= 4 is 39.5 Å². The molecule has 2 aromatic heterocycles. The van der Waals surface area contributed by atoms with Gasteiger partial charge in [0.2, 0.25) is 0 Å². The molecule has 0 saturated heterocycles. The molecule has 2 heterocycles. The van der Waals surface area contributed by atoms with Gasteiger partial charge in [-0.15, -0.1) is 11.3 Å². The van der Waals surface area contributed by atoms with Crippen molar-refractivity contribution < 1.29 is 0 Å². The molecule has 3 rings (SSSR count). The first-order chi connectivity index (χ1) is 9.24. The number of pyridine rings is 1. The zero-order chi connectivity index (χ0) is 13.2. The number of nitrogens with one attached hydrogen (secondary N) is 1. The lowest BCUT2D eigenvalue weighted by Crippen LogP contribution is -2.00. The normalized spacial score (nSPS) is 10.8. The van der Waals surface area contributed by atoms with Crippen LogP contribution < -0.4 is 5.32 Å². The highest BCUT2D eigenvalue weighted by atomic mass is 35.5. The molecule has 0 aliphatic carbocycles. The summed E-state index contributed by atoms with van der Waals surface area (Å²) in [5.41, 5.74) is 2.93. The van der Waals surface area contributed by atoms with Gasteiger partial charge in [-0.25, -0.2) is 4.98 Å². The summed E-state index contributed by atoms with van der Waals surface area (Å²) < 4.78 is 0. The van der Waals surface area contributed by atoms with Crippen molar-refractivity contribution in [3.8, 4) is 0 Å². The summed E-state index contributed by atoms with van der Waals surface area (Å²) in [6.07, 6.45) is 1.78. The van der Waals surface area contributed by atoms with Gasteiger partial charge >= 0.3 is 0 Å². The Morgan fingerprint density at radius 1 is 1.32 bits per heavy atom. The van der Waals surface area contributed by atoms with E-state index in [0.717, 1.165) is 32.3 Å². The molecule has 0 fully saturated rings. The molecule has 3 nitrogen and oxygen atoms in total. The quantitative estimate of drug-likeness (QED) is 0.782. The molecular weight excluding hydrogens is 278 g/mol. The van der Waals surface area contributed by atoms with Gasteiger partial charge in [-0.2, -0.15) is 0 Å². The van der Waals surface area contributed by atoms with E-state index >= 15 is 0 Å². The Labute approximate surface area is 120 Å². The van der Waals surface area contributed by atoms with Crippen molar-refractivity contribution in [1.82, 2.24) is 9.97 Å². The van der Waals surface area contributed by atoms with Gasteiger partial charge in [0.05, 0.1) is 22.8 Å². The maximum absolute atomic E-state index is 6.17. The second-order valence-corrected chi connectivity index (χ2v) is 5.58. The molecule has 0 atom stereocenters. The number of thiazole rings is 1. The Morgan fingerprint density at radius 2 is 2.21 bits per heavy atom. The Hall–Kier alpha value is -1.65. The summed E-state index contributed by atoms with van der Waals surface area (Å²) >= 11 is 7.83. The van der Waals surface area contributed by atoms with Crippen molar-refractivity contribution in [3.63, 3.8) is 0 Å². The molecular formula is C14H12ClN3S.